The van der Waals surface area contributed by atoms with Crippen molar-refractivity contribution >= 4 is 40.0 Å². The van der Waals surface area contributed by atoms with Crippen LogP contribution in [0.3, 0.4) is 0 Å². The van der Waals surface area contributed by atoms with Crippen LogP contribution in [0.1, 0.15) is 45.4 Å². The molecule has 0 aliphatic heterocycles. The molecule has 2 heteroatoms. The van der Waals surface area contributed by atoms with Crippen molar-refractivity contribution in [3.05, 3.63) is 14.4 Å². The smallest absolute Gasteiger partial charge is 0.358 e. The van der Waals surface area contributed by atoms with Crippen LogP contribution in [0.15, 0.2) is 0 Å². The van der Waals surface area contributed by atoms with E-state index in [2.05, 4.69) is 13.8 Å². The largest absolute Gasteiger partial charge is 2.00 e. The predicted molar refractivity (Wildman–Crippen MR) is 61.2 cm³/mol. The van der Waals surface area contributed by atoms with Crippen molar-refractivity contribution in [1.82, 2.24) is 0 Å². The zero-order valence-electron chi connectivity index (χ0n) is 8.07. The Bertz CT molecular complexity index is 34.5. The van der Waals surface area contributed by atoms with Crippen LogP contribution in [-0.2, 0) is 0 Å². The number of halogens is 1. The molecule has 0 unspecified atom stereocenters. The van der Waals surface area contributed by atoms with Crippen LogP contribution in [-0.4, -0.2) is 23.1 Å². The maximum Gasteiger partial charge on any atom is 2.00 e. The van der Waals surface area contributed by atoms with Gasteiger partial charge in [0.25, 0.3) is 0 Å². The Morgan fingerprint density at radius 2 is 1.45 bits per heavy atom. The molecule has 0 nitrogen and oxygen atoms in total. The van der Waals surface area contributed by atoms with Crippen LogP contribution in [0.5, 0.6) is 0 Å². The zero-order chi connectivity index (χ0) is 6.24. The molecule has 0 heterocycles. The molecule has 0 saturated heterocycles. The molecule has 0 amide bonds. The van der Waals surface area contributed by atoms with Gasteiger partial charge in [-0.3, -0.25) is 0 Å². The van der Waals surface area contributed by atoms with Crippen LogP contribution >= 0.6 is 17.0 Å². The maximum absolute atomic E-state index is 3.78. The van der Waals surface area contributed by atoms with E-state index in [0.29, 0.717) is 0 Å². The van der Waals surface area contributed by atoms with E-state index >= 15 is 0 Å². The van der Waals surface area contributed by atoms with E-state index in [1.54, 1.807) is 0 Å². The monoisotopic (exact) mass is 232 g/mol. The van der Waals surface area contributed by atoms with Gasteiger partial charge in [0.15, 0.2) is 0 Å². The van der Waals surface area contributed by atoms with Crippen molar-refractivity contribution in [3.63, 3.8) is 0 Å². The van der Waals surface area contributed by atoms with E-state index in [0.717, 1.165) is 6.42 Å². The Morgan fingerprint density at radius 1 is 1.00 bits per heavy atom. The van der Waals surface area contributed by atoms with Gasteiger partial charge in [0, 0.05) is 0 Å². The predicted octanol–water partition coefficient (Wildman–Crippen LogP) is 3.83. The zero-order valence-corrected chi connectivity index (χ0v) is 11.2. The topological polar surface area (TPSA) is 0 Å². The Kier molecular flexibility index (Phi) is 46.6. The molecule has 0 aromatic rings. The summed E-state index contributed by atoms with van der Waals surface area (Å²) in [6.07, 6.45) is 7.98. The summed E-state index contributed by atoms with van der Waals surface area (Å²) in [5, 5.41) is 0. The Labute approximate surface area is 99.4 Å². The molecule has 0 aliphatic rings. The standard InChI is InChI=1S/C8H17.CH3.BrH.Mg/c1-3-5-7-8-6-4-2;;;/h1,3-8H2,2H3;1H3;1H;/q2*-1;;+2. The van der Waals surface area contributed by atoms with Crippen LogP contribution in [0.2, 0.25) is 0 Å². The molecular formula is C9H21BrMg. The summed E-state index contributed by atoms with van der Waals surface area (Å²) < 4.78 is 0. The maximum atomic E-state index is 3.78. The van der Waals surface area contributed by atoms with Gasteiger partial charge in [-0.2, -0.15) is 6.42 Å². The van der Waals surface area contributed by atoms with Crippen LogP contribution in [0, 0.1) is 14.4 Å². The number of hydrogen-bond acceptors (Lipinski definition) is 0. The molecule has 0 rings (SSSR count). The molecule has 0 N–H and O–H groups in total. The molecule has 0 radical (unpaired) electrons. The van der Waals surface area contributed by atoms with Crippen molar-refractivity contribution in [2.75, 3.05) is 0 Å². The SMILES string of the molecule is Br.[CH2-]CCCCCCC.[CH3-].[Mg+2]. The molecule has 0 atom stereocenters. The third-order valence-electron chi connectivity index (χ3n) is 1.35. The summed E-state index contributed by atoms with van der Waals surface area (Å²) in [6, 6.07) is 0. The van der Waals surface area contributed by atoms with E-state index in [9.17, 15) is 0 Å². The minimum Gasteiger partial charge on any atom is -0.358 e. The third kappa shape index (κ3) is 24.6. The Morgan fingerprint density at radius 3 is 1.82 bits per heavy atom. The summed E-state index contributed by atoms with van der Waals surface area (Å²) in [5.41, 5.74) is 0. The first kappa shape index (κ1) is 22.8. The van der Waals surface area contributed by atoms with Crippen molar-refractivity contribution in [2.45, 2.75) is 45.4 Å². The molecule has 0 bridgehead atoms. The van der Waals surface area contributed by atoms with E-state index in [1.165, 1.54) is 32.1 Å². The van der Waals surface area contributed by atoms with E-state index in [1.807, 2.05) is 0 Å². The molecule has 0 spiro atoms. The molecular weight excluding hydrogens is 212 g/mol. The first-order valence-electron chi connectivity index (χ1n) is 3.71. The summed E-state index contributed by atoms with van der Waals surface area (Å²) in [7, 11) is 0. The average molecular weight is 233 g/mol. The number of unbranched alkanes of at least 4 members (excludes halogenated alkanes) is 5. The molecule has 0 aliphatic carbocycles. The van der Waals surface area contributed by atoms with Crippen molar-refractivity contribution in [3.8, 4) is 0 Å². The van der Waals surface area contributed by atoms with Gasteiger partial charge in [-0.05, 0) is 0 Å². The fourth-order valence-electron chi connectivity index (χ4n) is 0.780. The molecule has 0 saturated carbocycles. The van der Waals surface area contributed by atoms with Gasteiger partial charge in [-0.1, -0.05) is 39.0 Å². The second-order valence-electron chi connectivity index (χ2n) is 2.27. The van der Waals surface area contributed by atoms with Crippen LogP contribution < -0.4 is 0 Å². The summed E-state index contributed by atoms with van der Waals surface area (Å²) >= 11 is 0. The van der Waals surface area contributed by atoms with Crippen LogP contribution in [0.4, 0.5) is 0 Å². The number of hydrogen-bond donors (Lipinski definition) is 0. The van der Waals surface area contributed by atoms with E-state index in [4.69, 9.17) is 0 Å². The first-order valence-corrected chi connectivity index (χ1v) is 3.71. The van der Waals surface area contributed by atoms with Gasteiger partial charge in [0.05, 0.1) is 0 Å². The van der Waals surface area contributed by atoms with Gasteiger partial charge in [-0.15, -0.1) is 17.0 Å². The van der Waals surface area contributed by atoms with Gasteiger partial charge in [0.2, 0.25) is 0 Å². The molecule has 0 aromatic heterocycles. The van der Waals surface area contributed by atoms with Crippen molar-refractivity contribution in [1.29, 1.82) is 0 Å². The molecule has 0 fully saturated rings. The molecule has 11 heavy (non-hydrogen) atoms. The summed E-state index contributed by atoms with van der Waals surface area (Å²) in [5.74, 6) is 0. The summed E-state index contributed by atoms with van der Waals surface area (Å²) in [6.45, 7) is 6.02. The van der Waals surface area contributed by atoms with Gasteiger partial charge >= 0.3 is 23.1 Å². The molecule has 66 valence electrons. The van der Waals surface area contributed by atoms with Gasteiger partial charge in [-0.25, -0.2) is 0 Å². The number of rotatable bonds is 5. The van der Waals surface area contributed by atoms with Crippen LogP contribution in [0.25, 0.3) is 0 Å². The minimum absolute atomic E-state index is 0. The second kappa shape index (κ2) is 22.5. The van der Waals surface area contributed by atoms with Gasteiger partial charge in [0.1, 0.15) is 0 Å². The van der Waals surface area contributed by atoms with Crippen molar-refractivity contribution in [2.24, 2.45) is 0 Å². The fraction of sp³-hybridized carbons (Fsp3) is 0.778. The van der Waals surface area contributed by atoms with Gasteiger partial charge < -0.3 is 14.4 Å². The third-order valence-corrected chi connectivity index (χ3v) is 1.35. The van der Waals surface area contributed by atoms with E-state index < -0.39 is 0 Å². The quantitative estimate of drug-likeness (QED) is 0.385. The summed E-state index contributed by atoms with van der Waals surface area (Å²) in [4.78, 5) is 0. The Hall–Kier alpha value is 1.25. The fourth-order valence-corrected chi connectivity index (χ4v) is 0.780. The minimum atomic E-state index is 0. The normalized spacial score (nSPS) is 7.09. The average Bonchev–Trinajstić information content (AvgIpc) is 1.81. The van der Waals surface area contributed by atoms with Crippen molar-refractivity contribution < 1.29 is 0 Å². The molecule has 0 aromatic carbocycles. The Balaban J connectivity index is -0.0000000817. The first-order chi connectivity index (χ1) is 3.91. The van der Waals surface area contributed by atoms with E-state index in [-0.39, 0.29) is 47.5 Å². The second-order valence-corrected chi connectivity index (χ2v) is 2.27.